The number of hydrogen-bond acceptors (Lipinski definition) is 3. The van der Waals surface area contributed by atoms with E-state index < -0.39 is 0 Å². The summed E-state index contributed by atoms with van der Waals surface area (Å²) in [5, 5.41) is 2.96. The Labute approximate surface area is 175 Å². The van der Waals surface area contributed by atoms with Gasteiger partial charge in [0.25, 0.3) is 0 Å². The summed E-state index contributed by atoms with van der Waals surface area (Å²) in [4.78, 5) is 11.7. The summed E-state index contributed by atoms with van der Waals surface area (Å²) in [5.41, 5.74) is 1.15. The highest BCUT2D eigenvalue weighted by molar-refractivity contribution is 5.87. The first kappa shape index (κ1) is 22.8. The summed E-state index contributed by atoms with van der Waals surface area (Å²) in [5.74, 6) is 2.09. The highest BCUT2D eigenvalue weighted by atomic mass is 16.7. The Morgan fingerprint density at radius 2 is 1.72 bits per heavy atom. The van der Waals surface area contributed by atoms with E-state index in [0.29, 0.717) is 12.7 Å². The molecular formula is C25H35NO3. The van der Waals surface area contributed by atoms with Gasteiger partial charge in [0, 0.05) is 12.1 Å². The van der Waals surface area contributed by atoms with Crippen molar-refractivity contribution in [3.63, 3.8) is 0 Å². The third-order valence-electron chi connectivity index (χ3n) is 5.06. The second kappa shape index (κ2) is 12.9. The van der Waals surface area contributed by atoms with Crippen LogP contribution in [-0.4, -0.2) is 18.7 Å². The van der Waals surface area contributed by atoms with Crippen LogP contribution in [0.25, 0.3) is 6.08 Å². The number of ether oxygens (including phenoxy) is 2. The van der Waals surface area contributed by atoms with Crippen LogP contribution in [0.1, 0.15) is 64.9 Å². The number of carbonyl (C=O) groups excluding carboxylic acids is 1. The van der Waals surface area contributed by atoms with Gasteiger partial charge in [-0.15, -0.1) is 0 Å². The zero-order valence-corrected chi connectivity index (χ0v) is 18.0. The van der Waals surface area contributed by atoms with E-state index in [9.17, 15) is 4.79 Å². The molecule has 1 heterocycles. The van der Waals surface area contributed by atoms with Gasteiger partial charge in [0.1, 0.15) is 0 Å². The van der Waals surface area contributed by atoms with E-state index in [1.54, 1.807) is 6.08 Å². The van der Waals surface area contributed by atoms with Crippen LogP contribution >= 0.6 is 0 Å². The molecular weight excluding hydrogens is 362 g/mol. The lowest BCUT2D eigenvalue weighted by Crippen LogP contribution is -2.34. The monoisotopic (exact) mass is 397 g/mol. The van der Waals surface area contributed by atoms with Gasteiger partial charge < -0.3 is 14.8 Å². The van der Waals surface area contributed by atoms with E-state index in [4.69, 9.17) is 9.47 Å². The molecule has 0 aromatic heterocycles. The van der Waals surface area contributed by atoms with Crippen molar-refractivity contribution in [1.29, 1.82) is 0 Å². The van der Waals surface area contributed by atoms with Crippen LogP contribution in [-0.2, 0) is 4.79 Å². The van der Waals surface area contributed by atoms with Crippen molar-refractivity contribution in [3.05, 3.63) is 54.1 Å². The largest absolute Gasteiger partial charge is 0.454 e. The molecule has 4 nitrogen and oxygen atoms in total. The molecule has 2 rings (SSSR count). The minimum Gasteiger partial charge on any atom is -0.454 e. The van der Waals surface area contributed by atoms with E-state index in [0.717, 1.165) is 29.9 Å². The Bertz CT molecular complexity index is 719. The zero-order chi connectivity index (χ0) is 20.9. The molecule has 0 fully saturated rings. The van der Waals surface area contributed by atoms with E-state index >= 15 is 0 Å². The number of allylic oxidation sites excluding steroid dienone is 4. The number of rotatable bonds is 12. The van der Waals surface area contributed by atoms with Crippen LogP contribution in [0.3, 0.4) is 0 Å². The minimum absolute atomic E-state index is 0.0235. The molecule has 0 bridgehead atoms. The first-order chi connectivity index (χ1) is 14.1. The van der Waals surface area contributed by atoms with Gasteiger partial charge in [-0.25, -0.2) is 0 Å². The van der Waals surface area contributed by atoms with Crippen LogP contribution in [0, 0.1) is 5.92 Å². The van der Waals surface area contributed by atoms with Gasteiger partial charge in [-0.05, 0) is 56.2 Å². The van der Waals surface area contributed by atoms with Crippen molar-refractivity contribution >= 4 is 12.0 Å². The van der Waals surface area contributed by atoms with Crippen molar-refractivity contribution in [2.45, 2.75) is 65.3 Å². The van der Waals surface area contributed by atoms with Crippen LogP contribution in [0.2, 0.25) is 0 Å². The first-order valence-corrected chi connectivity index (χ1v) is 10.8. The average molecular weight is 398 g/mol. The van der Waals surface area contributed by atoms with Crippen LogP contribution in [0.5, 0.6) is 11.5 Å². The second-order valence-electron chi connectivity index (χ2n) is 7.84. The van der Waals surface area contributed by atoms with Crippen molar-refractivity contribution < 1.29 is 14.3 Å². The standard InChI is InChI=1S/C25H35NO3/c1-20(2)21(3)26-25(27)15-13-11-9-7-5-4-6-8-10-12-14-22-16-17-23-24(18-22)29-19-28-23/h9,11-18,20-21H,4-8,10,19H2,1-3H3,(H,26,27)/b11-9+,14-12+,15-13+. The van der Waals surface area contributed by atoms with Gasteiger partial charge in [-0.2, -0.15) is 0 Å². The molecule has 1 aliphatic rings. The second-order valence-corrected chi connectivity index (χ2v) is 7.84. The van der Waals surface area contributed by atoms with E-state index in [1.165, 1.54) is 25.7 Å². The summed E-state index contributed by atoms with van der Waals surface area (Å²) >= 11 is 0. The Hall–Kier alpha value is -2.49. The van der Waals surface area contributed by atoms with Gasteiger partial charge in [0.05, 0.1) is 0 Å². The molecule has 0 spiro atoms. The predicted molar refractivity (Wildman–Crippen MR) is 120 cm³/mol. The Morgan fingerprint density at radius 3 is 2.48 bits per heavy atom. The maximum atomic E-state index is 11.7. The highest BCUT2D eigenvalue weighted by Crippen LogP contribution is 2.32. The smallest absolute Gasteiger partial charge is 0.244 e. The molecule has 29 heavy (non-hydrogen) atoms. The summed E-state index contributed by atoms with van der Waals surface area (Å²) < 4.78 is 10.7. The fraction of sp³-hybridized carbons (Fsp3) is 0.480. The van der Waals surface area contributed by atoms with Crippen LogP contribution in [0.4, 0.5) is 0 Å². The van der Waals surface area contributed by atoms with Gasteiger partial charge in [-0.3, -0.25) is 4.79 Å². The van der Waals surface area contributed by atoms with Crippen molar-refractivity contribution in [3.8, 4) is 11.5 Å². The molecule has 0 aliphatic carbocycles. The van der Waals surface area contributed by atoms with E-state index in [1.807, 2.05) is 31.2 Å². The van der Waals surface area contributed by atoms with E-state index in [2.05, 4.69) is 43.5 Å². The third kappa shape index (κ3) is 9.03. The summed E-state index contributed by atoms with van der Waals surface area (Å²) in [6.07, 6.45) is 18.9. The number of fused-ring (bicyclic) bond motifs is 1. The molecule has 1 unspecified atom stereocenters. The molecule has 0 radical (unpaired) electrons. The molecule has 4 heteroatoms. The van der Waals surface area contributed by atoms with Crippen molar-refractivity contribution in [2.24, 2.45) is 5.92 Å². The Balaban J connectivity index is 1.48. The lowest BCUT2D eigenvalue weighted by molar-refractivity contribution is -0.117. The number of unbranched alkanes of at least 4 members (excludes halogenated alkanes) is 5. The molecule has 1 amide bonds. The van der Waals surface area contributed by atoms with Crippen molar-refractivity contribution in [2.75, 3.05) is 6.79 Å². The normalized spacial score (nSPS) is 14.5. The fourth-order valence-electron chi connectivity index (χ4n) is 2.87. The molecule has 1 atom stereocenters. The number of hydrogen-bond donors (Lipinski definition) is 1. The fourth-order valence-corrected chi connectivity index (χ4v) is 2.87. The summed E-state index contributed by atoms with van der Waals surface area (Å²) in [7, 11) is 0. The molecule has 158 valence electrons. The topological polar surface area (TPSA) is 47.6 Å². The quantitative estimate of drug-likeness (QED) is 0.266. The van der Waals surface area contributed by atoms with Crippen LogP contribution < -0.4 is 14.8 Å². The zero-order valence-electron chi connectivity index (χ0n) is 18.0. The van der Waals surface area contributed by atoms with Crippen LogP contribution in [0.15, 0.2) is 48.6 Å². The number of amides is 1. The van der Waals surface area contributed by atoms with E-state index in [-0.39, 0.29) is 11.9 Å². The summed E-state index contributed by atoms with van der Waals surface area (Å²) in [6, 6.07) is 6.24. The number of benzene rings is 1. The van der Waals surface area contributed by atoms with Gasteiger partial charge in [-0.1, -0.05) is 63.1 Å². The average Bonchev–Trinajstić information content (AvgIpc) is 3.16. The third-order valence-corrected chi connectivity index (χ3v) is 5.06. The predicted octanol–water partition coefficient (Wildman–Crippen LogP) is 6.04. The molecule has 1 aromatic carbocycles. The molecule has 1 aliphatic heterocycles. The van der Waals surface area contributed by atoms with Gasteiger partial charge in [0.2, 0.25) is 12.7 Å². The van der Waals surface area contributed by atoms with Gasteiger partial charge >= 0.3 is 0 Å². The molecule has 0 saturated heterocycles. The lowest BCUT2D eigenvalue weighted by Gasteiger charge is -2.15. The number of nitrogens with one attached hydrogen (secondary N) is 1. The SMILES string of the molecule is CC(C)C(C)NC(=O)/C=C/C=C/CCCCCC/C=C/c1ccc2c(c1)OCO2. The Kier molecular flexibility index (Phi) is 10.1. The van der Waals surface area contributed by atoms with Crippen molar-refractivity contribution in [1.82, 2.24) is 5.32 Å². The lowest BCUT2D eigenvalue weighted by atomic mass is 10.1. The highest BCUT2D eigenvalue weighted by Gasteiger charge is 2.12. The maximum Gasteiger partial charge on any atom is 0.244 e. The minimum atomic E-state index is -0.0235. The maximum absolute atomic E-state index is 11.7. The Morgan fingerprint density at radius 1 is 1.00 bits per heavy atom. The molecule has 0 saturated carbocycles. The number of carbonyl (C=O) groups is 1. The van der Waals surface area contributed by atoms with Gasteiger partial charge in [0.15, 0.2) is 11.5 Å². The molecule has 1 aromatic rings. The summed E-state index contributed by atoms with van der Waals surface area (Å²) in [6.45, 7) is 6.55. The first-order valence-electron chi connectivity index (χ1n) is 10.8. The molecule has 1 N–H and O–H groups in total.